The molecule has 6 nitrogen and oxygen atoms in total. The molecule has 0 saturated heterocycles. The van der Waals surface area contributed by atoms with Gasteiger partial charge in [-0.3, -0.25) is 9.59 Å². The molecule has 2 heterocycles. The van der Waals surface area contributed by atoms with Crippen LogP contribution in [0.5, 0.6) is 0 Å². The average Bonchev–Trinajstić information content (AvgIpc) is 2.90. The third-order valence-electron chi connectivity index (χ3n) is 3.32. The van der Waals surface area contributed by atoms with Gasteiger partial charge >= 0.3 is 0 Å². The molecule has 2 rings (SSSR count). The maximum absolute atomic E-state index is 12.0. The second kappa shape index (κ2) is 7.26. The topological polar surface area (TPSA) is 75.5 Å². The van der Waals surface area contributed by atoms with Gasteiger partial charge in [-0.05, 0) is 31.5 Å². The Bertz CT molecular complexity index is 683. The number of fused-ring (bicyclic) bond motifs is 1. The molecule has 0 aliphatic heterocycles. The smallest absolute Gasteiger partial charge is 0.271 e. The maximum atomic E-state index is 12.0. The van der Waals surface area contributed by atoms with Gasteiger partial charge in [-0.2, -0.15) is 5.10 Å². The van der Waals surface area contributed by atoms with Crippen LogP contribution in [0.2, 0.25) is 5.02 Å². The zero-order valence-corrected chi connectivity index (χ0v) is 13.4. The molecule has 22 heavy (non-hydrogen) atoms. The molecule has 0 fully saturated rings. The van der Waals surface area contributed by atoms with E-state index in [9.17, 15) is 9.59 Å². The van der Waals surface area contributed by atoms with Crippen molar-refractivity contribution in [1.82, 2.24) is 20.2 Å². The van der Waals surface area contributed by atoms with Crippen molar-refractivity contribution in [2.75, 3.05) is 6.54 Å². The number of hydrogen-bond acceptors (Lipinski definition) is 3. The summed E-state index contributed by atoms with van der Waals surface area (Å²) in [6.45, 7) is 4.22. The fraction of sp³-hybridized carbons (Fsp3) is 0.400. The van der Waals surface area contributed by atoms with Gasteiger partial charge in [-0.15, -0.1) is 0 Å². The summed E-state index contributed by atoms with van der Waals surface area (Å²) >= 11 is 5.89. The number of carbonyl (C=O) groups is 2. The minimum absolute atomic E-state index is 0.0727. The van der Waals surface area contributed by atoms with Gasteiger partial charge < -0.3 is 10.6 Å². The van der Waals surface area contributed by atoms with Crippen LogP contribution in [-0.2, 0) is 4.79 Å². The van der Waals surface area contributed by atoms with Crippen molar-refractivity contribution < 1.29 is 9.59 Å². The van der Waals surface area contributed by atoms with Crippen molar-refractivity contribution in [3.8, 4) is 0 Å². The van der Waals surface area contributed by atoms with E-state index in [1.165, 1.54) is 0 Å². The van der Waals surface area contributed by atoms with Crippen LogP contribution >= 0.6 is 11.6 Å². The van der Waals surface area contributed by atoms with Gasteiger partial charge in [-0.25, -0.2) is 4.52 Å². The van der Waals surface area contributed by atoms with E-state index in [0.717, 1.165) is 11.9 Å². The Morgan fingerprint density at radius 1 is 1.41 bits per heavy atom. The van der Waals surface area contributed by atoms with Crippen molar-refractivity contribution in [1.29, 1.82) is 0 Å². The van der Waals surface area contributed by atoms with Crippen LogP contribution in [0.15, 0.2) is 24.4 Å². The van der Waals surface area contributed by atoms with E-state index >= 15 is 0 Å². The number of amides is 2. The lowest BCUT2D eigenvalue weighted by molar-refractivity contribution is -0.121. The van der Waals surface area contributed by atoms with Crippen molar-refractivity contribution in [3.63, 3.8) is 0 Å². The lowest BCUT2D eigenvalue weighted by Crippen LogP contribution is -2.35. The Kier molecular flexibility index (Phi) is 5.38. The van der Waals surface area contributed by atoms with Crippen LogP contribution in [0.3, 0.4) is 0 Å². The van der Waals surface area contributed by atoms with E-state index in [1.54, 1.807) is 28.9 Å². The zero-order valence-electron chi connectivity index (χ0n) is 12.6. The quantitative estimate of drug-likeness (QED) is 0.854. The molecule has 0 bridgehead atoms. The molecule has 0 aliphatic rings. The molecular weight excluding hydrogens is 304 g/mol. The van der Waals surface area contributed by atoms with Crippen LogP contribution in [0.25, 0.3) is 5.52 Å². The van der Waals surface area contributed by atoms with Crippen molar-refractivity contribution in [2.45, 2.75) is 32.7 Å². The normalized spacial score (nSPS) is 12.1. The van der Waals surface area contributed by atoms with Gasteiger partial charge in [0.25, 0.3) is 5.91 Å². The average molecular weight is 323 g/mol. The minimum atomic E-state index is -0.309. The van der Waals surface area contributed by atoms with Gasteiger partial charge in [0, 0.05) is 30.2 Å². The van der Waals surface area contributed by atoms with Crippen LogP contribution in [-0.4, -0.2) is 34.0 Å². The number of rotatable bonds is 6. The summed E-state index contributed by atoms with van der Waals surface area (Å²) in [5.41, 5.74) is 1.04. The Morgan fingerprint density at radius 2 is 2.18 bits per heavy atom. The highest BCUT2D eigenvalue weighted by Gasteiger charge is 2.12. The Labute approximate surface area is 133 Å². The zero-order chi connectivity index (χ0) is 16.1. The first kappa shape index (κ1) is 16.3. The van der Waals surface area contributed by atoms with E-state index in [-0.39, 0.29) is 30.8 Å². The third-order valence-corrected chi connectivity index (χ3v) is 3.55. The maximum Gasteiger partial charge on any atom is 0.271 e. The Balaban J connectivity index is 1.87. The van der Waals surface area contributed by atoms with E-state index < -0.39 is 0 Å². The van der Waals surface area contributed by atoms with Crippen molar-refractivity contribution in [3.05, 3.63) is 35.1 Å². The summed E-state index contributed by atoms with van der Waals surface area (Å²) in [5.74, 6) is -0.382. The number of hydrogen-bond donors (Lipinski definition) is 2. The highest BCUT2D eigenvalue weighted by atomic mass is 35.5. The van der Waals surface area contributed by atoms with Crippen LogP contribution < -0.4 is 10.6 Å². The molecule has 2 aromatic heterocycles. The van der Waals surface area contributed by atoms with Gasteiger partial charge in [0.1, 0.15) is 0 Å². The molecule has 7 heteroatoms. The first-order valence-electron chi connectivity index (χ1n) is 7.22. The first-order valence-corrected chi connectivity index (χ1v) is 7.60. The number of halogens is 1. The molecule has 0 spiro atoms. The highest BCUT2D eigenvalue weighted by Crippen LogP contribution is 2.13. The molecule has 0 aliphatic carbocycles. The van der Waals surface area contributed by atoms with Gasteiger partial charge in [-0.1, -0.05) is 18.5 Å². The Hall–Kier alpha value is -2.08. The number of nitrogens with one attached hydrogen (secondary N) is 2. The minimum Gasteiger partial charge on any atom is -0.354 e. The fourth-order valence-electron chi connectivity index (χ4n) is 1.91. The summed E-state index contributed by atoms with van der Waals surface area (Å²) < 4.78 is 1.58. The van der Waals surface area contributed by atoms with E-state index in [4.69, 9.17) is 11.6 Å². The molecule has 2 amide bonds. The summed E-state index contributed by atoms with van der Waals surface area (Å²) in [4.78, 5) is 23.6. The van der Waals surface area contributed by atoms with Gasteiger partial charge in [0.15, 0.2) is 5.69 Å². The molecule has 0 unspecified atom stereocenters. The second-order valence-electron chi connectivity index (χ2n) is 5.13. The summed E-state index contributed by atoms with van der Waals surface area (Å²) in [6.07, 6.45) is 2.81. The Morgan fingerprint density at radius 3 is 2.91 bits per heavy atom. The van der Waals surface area contributed by atoms with Crippen molar-refractivity contribution >= 4 is 28.9 Å². The van der Waals surface area contributed by atoms with E-state index in [2.05, 4.69) is 15.7 Å². The highest BCUT2D eigenvalue weighted by molar-refractivity contribution is 6.30. The monoisotopic (exact) mass is 322 g/mol. The summed E-state index contributed by atoms with van der Waals surface area (Å²) in [7, 11) is 0. The second-order valence-corrected chi connectivity index (χ2v) is 5.56. The lowest BCUT2D eigenvalue weighted by Gasteiger charge is -2.11. The molecule has 118 valence electrons. The lowest BCUT2D eigenvalue weighted by atomic mass is 10.2. The molecule has 0 saturated carbocycles. The standard InChI is InChI=1S/C15H19ClN4O2/c1-3-10(2)18-14(21)4-6-17-15(22)13-9-12-8-11(16)5-7-20(12)19-13/h5,7-10H,3-4,6H2,1-2H3,(H,17,22)(H,18,21)/t10-/m0/s1. The summed E-state index contributed by atoms with van der Waals surface area (Å²) in [6, 6.07) is 5.22. The molecular formula is C15H19ClN4O2. The van der Waals surface area contributed by atoms with E-state index in [1.807, 2.05) is 13.8 Å². The third kappa shape index (κ3) is 4.21. The summed E-state index contributed by atoms with van der Waals surface area (Å²) in [5, 5.41) is 10.3. The SMILES string of the molecule is CC[C@H](C)NC(=O)CCNC(=O)c1cc2cc(Cl)ccn2n1. The molecule has 0 aromatic carbocycles. The van der Waals surface area contributed by atoms with Crippen molar-refractivity contribution in [2.24, 2.45) is 0 Å². The van der Waals surface area contributed by atoms with Crippen LogP contribution in [0.4, 0.5) is 0 Å². The number of aromatic nitrogens is 2. The van der Waals surface area contributed by atoms with Gasteiger partial charge in [0.2, 0.25) is 5.91 Å². The van der Waals surface area contributed by atoms with Crippen LogP contribution in [0, 0.1) is 0 Å². The predicted octanol–water partition coefficient (Wildman–Crippen LogP) is 2.02. The van der Waals surface area contributed by atoms with Gasteiger partial charge in [0.05, 0.1) is 5.52 Å². The molecule has 1 atom stereocenters. The van der Waals surface area contributed by atoms with E-state index in [0.29, 0.717) is 10.7 Å². The molecule has 0 radical (unpaired) electrons. The molecule has 2 aromatic rings. The molecule has 2 N–H and O–H groups in total. The largest absolute Gasteiger partial charge is 0.354 e. The number of carbonyl (C=O) groups excluding carboxylic acids is 2. The van der Waals surface area contributed by atoms with Crippen LogP contribution in [0.1, 0.15) is 37.2 Å². The number of nitrogens with zero attached hydrogens (tertiary/aromatic N) is 2. The first-order chi connectivity index (χ1) is 10.5. The predicted molar refractivity (Wildman–Crippen MR) is 85.0 cm³/mol. The fourth-order valence-corrected chi connectivity index (χ4v) is 2.08. The number of pyridine rings is 1.